The molecule has 2 aromatic rings. The Kier molecular flexibility index (Phi) is 2.73. The summed E-state index contributed by atoms with van der Waals surface area (Å²) in [5, 5.41) is 8.83. The average Bonchev–Trinajstić information content (AvgIpc) is 2.88. The summed E-state index contributed by atoms with van der Waals surface area (Å²) in [5.41, 5.74) is 1.53. The molecule has 0 spiro atoms. The molecule has 1 heterocycles. The molecule has 4 heteroatoms. The lowest BCUT2D eigenvalue weighted by atomic mass is 10.1. The Morgan fingerprint density at radius 1 is 1.11 bits per heavy atom. The van der Waals surface area contributed by atoms with Crippen LogP contribution in [0.4, 0.5) is 0 Å². The van der Waals surface area contributed by atoms with Crippen LogP contribution >= 0.6 is 0 Å². The van der Waals surface area contributed by atoms with Gasteiger partial charge < -0.3 is 14.2 Å². The highest BCUT2D eigenvalue weighted by Gasteiger charge is 2.14. The van der Waals surface area contributed by atoms with E-state index in [2.05, 4.69) is 6.07 Å². The Morgan fingerprint density at radius 2 is 1.95 bits per heavy atom. The molecule has 0 N–H and O–H groups in total. The van der Waals surface area contributed by atoms with E-state index < -0.39 is 0 Å². The van der Waals surface area contributed by atoms with Gasteiger partial charge in [0.25, 0.3) is 0 Å². The zero-order valence-electron chi connectivity index (χ0n) is 10.3. The average molecular weight is 253 g/mol. The zero-order chi connectivity index (χ0) is 13.2. The second-order valence-corrected chi connectivity index (χ2v) is 4.21. The maximum atomic E-state index is 8.83. The second kappa shape index (κ2) is 4.54. The summed E-state index contributed by atoms with van der Waals surface area (Å²) >= 11 is 0. The lowest BCUT2D eigenvalue weighted by Crippen LogP contribution is -1.92. The van der Waals surface area contributed by atoms with Crippen LogP contribution in [0, 0.1) is 18.3 Å². The van der Waals surface area contributed by atoms with Crippen LogP contribution in [0.25, 0.3) is 0 Å². The lowest BCUT2D eigenvalue weighted by molar-refractivity contribution is 0.174. The largest absolute Gasteiger partial charge is 0.457 e. The first-order valence-electron chi connectivity index (χ1n) is 5.84. The van der Waals surface area contributed by atoms with Gasteiger partial charge >= 0.3 is 0 Å². The first kappa shape index (κ1) is 11.4. The highest BCUT2D eigenvalue weighted by atomic mass is 16.7. The summed E-state index contributed by atoms with van der Waals surface area (Å²) < 4.78 is 16.3. The minimum absolute atomic E-state index is 0.245. The summed E-state index contributed by atoms with van der Waals surface area (Å²) in [6.45, 7) is 2.15. The number of nitriles is 1. The Balaban J connectivity index is 1.87. The van der Waals surface area contributed by atoms with Crippen LogP contribution in [-0.2, 0) is 0 Å². The Bertz CT molecular complexity index is 674. The second-order valence-electron chi connectivity index (χ2n) is 4.21. The highest BCUT2D eigenvalue weighted by molar-refractivity contribution is 5.49. The van der Waals surface area contributed by atoms with Crippen molar-refractivity contribution in [3.63, 3.8) is 0 Å². The molecular weight excluding hydrogens is 242 g/mol. The smallest absolute Gasteiger partial charge is 0.231 e. The molecule has 0 saturated carbocycles. The van der Waals surface area contributed by atoms with E-state index in [1.165, 1.54) is 0 Å². The molecule has 1 aliphatic rings. The molecule has 0 saturated heterocycles. The van der Waals surface area contributed by atoms with E-state index >= 15 is 0 Å². The molecule has 1 aliphatic heterocycles. The summed E-state index contributed by atoms with van der Waals surface area (Å²) in [4.78, 5) is 0. The van der Waals surface area contributed by atoms with Crippen LogP contribution in [-0.4, -0.2) is 6.79 Å². The SMILES string of the molecule is Cc1cc(C#N)ccc1Oc1ccc2c(c1)OCO2. The normalized spacial score (nSPS) is 12.0. The van der Waals surface area contributed by atoms with Crippen molar-refractivity contribution in [1.82, 2.24) is 0 Å². The van der Waals surface area contributed by atoms with Crippen LogP contribution in [0.5, 0.6) is 23.0 Å². The monoisotopic (exact) mass is 253 g/mol. The lowest BCUT2D eigenvalue weighted by Gasteiger charge is -2.09. The third-order valence-electron chi connectivity index (χ3n) is 2.88. The van der Waals surface area contributed by atoms with E-state index in [4.69, 9.17) is 19.5 Å². The molecule has 0 atom stereocenters. The molecule has 0 aromatic heterocycles. The molecule has 2 aromatic carbocycles. The number of hydrogen-bond donors (Lipinski definition) is 0. The van der Waals surface area contributed by atoms with Gasteiger partial charge in [-0.25, -0.2) is 0 Å². The zero-order valence-corrected chi connectivity index (χ0v) is 10.3. The predicted molar refractivity (Wildman–Crippen MR) is 68.5 cm³/mol. The van der Waals surface area contributed by atoms with Crippen LogP contribution in [0.1, 0.15) is 11.1 Å². The first-order chi connectivity index (χ1) is 9.26. The van der Waals surface area contributed by atoms with Gasteiger partial charge in [0.15, 0.2) is 11.5 Å². The third-order valence-corrected chi connectivity index (χ3v) is 2.88. The van der Waals surface area contributed by atoms with Crippen LogP contribution in [0.15, 0.2) is 36.4 Å². The third kappa shape index (κ3) is 2.18. The van der Waals surface area contributed by atoms with E-state index in [0.29, 0.717) is 17.1 Å². The van der Waals surface area contributed by atoms with E-state index in [1.807, 2.05) is 19.1 Å². The molecular formula is C15H11NO3. The number of rotatable bonds is 2. The summed E-state index contributed by atoms with van der Waals surface area (Å²) in [6, 6.07) is 12.8. The maximum Gasteiger partial charge on any atom is 0.231 e. The number of nitrogens with zero attached hydrogens (tertiary/aromatic N) is 1. The van der Waals surface area contributed by atoms with Gasteiger partial charge in [-0.05, 0) is 42.8 Å². The van der Waals surface area contributed by atoms with Gasteiger partial charge in [0.05, 0.1) is 11.6 Å². The molecule has 0 bridgehead atoms. The Morgan fingerprint density at radius 3 is 2.74 bits per heavy atom. The van der Waals surface area contributed by atoms with Gasteiger partial charge in [-0.1, -0.05) is 0 Å². The number of fused-ring (bicyclic) bond motifs is 1. The number of hydrogen-bond acceptors (Lipinski definition) is 4. The van der Waals surface area contributed by atoms with E-state index in [9.17, 15) is 0 Å². The molecule has 0 amide bonds. The fourth-order valence-corrected chi connectivity index (χ4v) is 1.90. The maximum absolute atomic E-state index is 8.83. The molecule has 0 fully saturated rings. The minimum atomic E-state index is 0.245. The van der Waals surface area contributed by atoms with E-state index in [-0.39, 0.29) is 6.79 Å². The van der Waals surface area contributed by atoms with Crippen molar-refractivity contribution in [3.05, 3.63) is 47.5 Å². The molecule has 94 valence electrons. The van der Waals surface area contributed by atoms with Crippen LogP contribution in [0.2, 0.25) is 0 Å². The predicted octanol–water partition coefficient (Wildman–Crippen LogP) is 3.39. The van der Waals surface area contributed by atoms with E-state index in [1.54, 1.807) is 24.3 Å². The van der Waals surface area contributed by atoms with Crippen LogP contribution < -0.4 is 14.2 Å². The van der Waals surface area contributed by atoms with E-state index in [0.717, 1.165) is 17.1 Å². The Labute approximate surface area is 110 Å². The van der Waals surface area contributed by atoms with Crippen molar-refractivity contribution >= 4 is 0 Å². The molecule has 0 aliphatic carbocycles. The quantitative estimate of drug-likeness (QED) is 0.823. The first-order valence-corrected chi connectivity index (χ1v) is 5.84. The van der Waals surface area contributed by atoms with Gasteiger partial charge in [0.1, 0.15) is 11.5 Å². The fourth-order valence-electron chi connectivity index (χ4n) is 1.90. The van der Waals surface area contributed by atoms with Crippen molar-refractivity contribution < 1.29 is 14.2 Å². The Hall–Kier alpha value is -2.67. The number of benzene rings is 2. The molecule has 4 nitrogen and oxygen atoms in total. The molecule has 3 rings (SSSR count). The van der Waals surface area contributed by atoms with Crippen LogP contribution in [0.3, 0.4) is 0 Å². The summed E-state index contributed by atoms with van der Waals surface area (Å²) in [6.07, 6.45) is 0. The molecule has 0 radical (unpaired) electrons. The summed E-state index contributed by atoms with van der Waals surface area (Å²) in [7, 11) is 0. The van der Waals surface area contributed by atoms with Crippen molar-refractivity contribution in [1.29, 1.82) is 5.26 Å². The highest BCUT2D eigenvalue weighted by Crippen LogP contribution is 2.37. The van der Waals surface area contributed by atoms with Gasteiger partial charge in [-0.3, -0.25) is 0 Å². The van der Waals surface area contributed by atoms with Gasteiger partial charge in [-0.2, -0.15) is 5.26 Å². The number of aryl methyl sites for hydroxylation is 1. The minimum Gasteiger partial charge on any atom is -0.457 e. The molecule has 19 heavy (non-hydrogen) atoms. The van der Waals surface area contributed by atoms with Gasteiger partial charge in [0.2, 0.25) is 6.79 Å². The van der Waals surface area contributed by atoms with Crippen molar-refractivity contribution in [3.8, 4) is 29.1 Å². The summed E-state index contributed by atoms with van der Waals surface area (Å²) in [5.74, 6) is 2.81. The van der Waals surface area contributed by atoms with Crippen molar-refractivity contribution in [2.45, 2.75) is 6.92 Å². The standard InChI is InChI=1S/C15H11NO3/c1-10-6-11(8-16)2-4-13(10)19-12-3-5-14-15(7-12)18-9-17-14/h2-7H,9H2,1H3. The van der Waals surface area contributed by atoms with Crippen molar-refractivity contribution in [2.75, 3.05) is 6.79 Å². The number of ether oxygens (including phenoxy) is 3. The van der Waals surface area contributed by atoms with Gasteiger partial charge in [-0.15, -0.1) is 0 Å². The fraction of sp³-hybridized carbons (Fsp3) is 0.133. The topological polar surface area (TPSA) is 51.5 Å². The molecule has 0 unspecified atom stereocenters. The van der Waals surface area contributed by atoms with Crippen molar-refractivity contribution in [2.24, 2.45) is 0 Å². The van der Waals surface area contributed by atoms with Gasteiger partial charge in [0, 0.05) is 6.07 Å².